The van der Waals surface area contributed by atoms with Gasteiger partial charge < -0.3 is 0 Å². The average Bonchev–Trinajstić information content (AvgIpc) is 2.55. The Kier molecular flexibility index (Phi) is 8.08. The van der Waals surface area contributed by atoms with Gasteiger partial charge >= 0.3 is 60.5 Å². The van der Waals surface area contributed by atoms with E-state index >= 15 is 0 Å². The Balaban J connectivity index is 7.12. The third-order valence-electron chi connectivity index (χ3n) is 3.29. The minimum atomic E-state index is -8.28. The van der Waals surface area contributed by atoms with Gasteiger partial charge in [0.25, 0.3) is 5.78 Å². The standard InChI is InChI=1S/C11F22O3/c12-2(6(18,19)20,35-10(30,31)4(14,15)8(24,25)26)1(34)3(13,7(21,22)23)36-11(32,33)5(16,17)9(27,28)29. The van der Waals surface area contributed by atoms with E-state index in [-0.39, 0.29) is 0 Å². The lowest BCUT2D eigenvalue weighted by Crippen LogP contribution is -2.69. The second-order valence-corrected chi connectivity index (χ2v) is 5.90. The number of hydrogen-bond donors (Lipinski definition) is 0. The number of rotatable bonds is 8. The van der Waals surface area contributed by atoms with E-state index in [1.807, 2.05) is 0 Å². The summed E-state index contributed by atoms with van der Waals surface area (Å²) in [6.07, 6.45) is -48.4. The van der Waals surface area contributed by atoms with Crippen molar-refractivity contribution in [1.82, 2.24) is 0 Å². The van der Waals surface area contributed by atoms with Crippen LogP contribution in [0.5, 0.6) is 0 Å². The summed E-state index contributed by atoms with van der Waals surface area (Å²) in [5, 5.41) is 0. The highest BCUT2D eigenvalue weighted by Crippen LogP contribution is 2.56. The van der Waals surface area contributed by atoms with Crippen molar-refractivity contribution in [2.45, 2.75) is 60.5 Å². The first-order valence-corrected chi connectivity index (χ1v) is 7.18. The number of Topliss-reactive ketones (excluding diaryl/α,β-unsaturated/α-hetero) is 1. The van der Waals surface area contributed by atoms with Gasteiger partial charge in [0.2, 0.25) is 0 Å². The van der Waals surface area contributed by atoms with Crippen LogP contribution < -0.4 is 0 Å². The van der Waals surface area contributed by atoms with Gasteiger partial charge in [0.05, 0.1) is 0 Å². The molecule has 0 aromatic carbocycles. The molecule has 0 heterocycles. The van der Waals surface area contributed by atoms with Crippen molar-refractivity contribution in [1.29, 1.82) is 0 Å². The Bertz CT molecular complexity index is 749. The quantitative estimate of drug-likeness (QED) is 0.295. The fourth-order valence-electron chi connectivity index (χ4n) is 1.48. The molecule has 25 heteroatoms. The number of carbonyl (C=O) groups is 1. The number of halogens is 22. The third-order valence-corrected chi connectivity index (χ3v) is 3.29. The van der Waals surface area contributed by atoms with Gasteiger partial charge in [-0.1, -0.05) is 0 Å². The van der Waals surface area contributed by atoms with Crippen molar-refractivity contribution in [3.05, 3.63) is 0 Å². The van der Waals surface area contributed by atoms with E-state index in [0.29, 0.717) is 0 Å². The van der Waals surface area contributed by atoms with Crippen molar-refractivity contribution in [2.24, 2.45) is 0 Å². The fraction of sp³-hybridized carbons (Fsp3) is 0.909. The molecule has 36 heavy (non-hydrogen) atoms. The van der Waals surface area contributed by atoms with Gasteiger partial charge in [-0.25, -0.2) is 0 Å². The highest BCUT2D eigenvalue weighted by Gasteiger charge is 2.86. The third kappa shape index (κ3) is 5.34. The zero-order valence-electron chi connectivity index (χ0n) is 15.0. The van der Waals surface area contributed by atoms with Gasteiger partial charge in [-0.15, -0.1) is 0 Å². The summed E-state index contributed by atoms with van der Waals surface area (Å²) in [6, 6.07) is 0. The molecule has 0 saturated carbocycles. The first-order chi connectivity index (χ1) is 15.1. The molecule has 0 radical (unpaired) electrons. The molecule has 0 aliphatic rings. The first-order valence-electron chi connectivity index (χ1n) is 7.18. The maximum atomic E-state index is 13.9. The Morgan fingerprint density at radius 3 is 0.694 bits per heavy atom. The highest BCUT2D eigenvalue weighted by molar-refractivity contribution is 5.94. The van der Waals surface area contributed by atoms with E-state index in [9.17, 15) is 101 Å². The van der Waals surface area contributed by atoms with E-state index in [0.717, 1.165) is 9.47 Å². The number of ketones is 1. The number of carbonyl (C=O) groups excluding carboxylic acids is 1. The van der Waals surface area contributed by atoms with Crippen LogP contribution in [0.25, 0.3) is 0 Å². The maximum absolute atomic E-state index is 13.9. The molecule has 0 aromatic rings. The summed E-state index contributed by atoms with van der Waals surface area (Å²) in [5.74, 6) is -38.7. The topological polar surface area (TPSA) is 35.5 Å². The number of hydrogen-bond acceptors (Lipinski definition) is 3. The van der Waals surface area contributed by atoms with Crippen LogP contribution in [0.2, 0.25) is 0 Å². The van der Waals surface area contributed by atoms with Crippen molar-refractivity contribution in [3.8, 4) is 0 Å². The number of alkyl halides is 22. The van der Waals surface area contributed by atoms with Crippen LogP contribution in [0.1, 0.15) is 0 Å². The predicted molar refractivity (Wildman–Crippen MR) is 58.9 cm³/mol. The lowest BCUT2D eigenvalue weighted by Gasteiger charge is -2.39. The molecule has 0 spiro atoms. The molecule has 0 aliphatic heterocycles. The van der Waals surface area contributed by atoms with Crippen LogP contribution in [0.3, 0.4) is 0 Å². The molecule has 2 atom stereocenters. The molecule has 0 aromatic heterocycles. The minimum absolute atomic E-state index is 1.13. The van der Waals surface area contributed by atoms with E-state index in [4.69, 9.17) is 0 Å². The van der Waals surface area contributed by atoms with Crippen LogP contribution in [-0.2, 0) is 14.3 Å². The SMILES string of the molecule is O=C(C(F)(OC(F)(F)C(F)(F)C(F)(F)F)C(F)(F)F)C(F)(OC(F)(F)C(F)(F)C(F)(F)F)C(F)(F)F. The molecular formula is C11F22O3. The molecular weight excluding hydrogens is 598 g/mol. The van der Waals surface area contributed by atoms with Gasteiger partial charge in [-0.3, -0.25) is 14.3 Å². The first kappa shape index (κ1) is 34.0. The van der Waals surface area contributed by atoms with Crippen LogP contribution >= 0.6 is 0 Å². The Hall–Kier alpha value is -1.95. The van der Waals surface area contributed by atoms with Gasteiger partial charge in [0, 0.05) is 0 Å². The average molecular weight is 598 g/mol. The zero-order chi connectivity index (χ0) is 30.0. The molecule has 0 saturated heterocycles. The molecule has 0 amide bonds. The fourth-order valence-corrected chi connectivity index (χ4v) is 1.48. The summed E-state index contributed by atoms with van der Waals surface area (Å²) in [6.45, 7) is 0. The maximum Gasteiger partial charge on any atom is 0.462 e. The summed E-state index contributed by atoms with van der Waals surface area (Å²) in [7, 11) is 0. The highest BCUT2D eigenvalue weighted by atomic mass is 19.4. The van der Waals surface area contributed by atoms with Crippen molar-refractivity contribution >= 4 is 5.78 Å². The lowest BCUT2D eigenvalue weighted by molar-refractivity contribution is -0.489. The van der Waals surface area contributed by atoms with Crippen LogP contribution in [-0.4, -0.2) is 66.3 Å². The van der Waals surface area contributed by atoms with Crippen molar-refractivity contribution in [3.63, 3.8) is 0 Å². The lowest BCUT2D eigenvalue weighted by atomic mass is 10.0. The Morgan fingerprint density at radius 1 is 0.361 bits per heavy atom. The van der Waals surface area contributed by atoms with Crippen LogP contribution in [0, 0.1) is 0 Å². The molecule has 0 bridgehead atoms. The van der Waals surface area contributed by atoms with Crippen LogP contribution in [0.4, 0.5) is 96.6 Å². The van der Waals surface area contributed by atoms with Crippen molar-refractivity contribution in [2.75, 3.05) is 0 Å². The zero-order valence-corrected chi connectivity index (χ0v) is 15.0. The minimum Gasteiger partial charge on any atom is -0.286 e. The van der Waals surface area contributed by atoms with Crippen LogP contribution in [0.15, 0.2) is 0 Å². The molecule has 2 unspecified atom stereocenters. The number of ether oxygens (including phenoxy) is 2. The van der Waals surface area contributed by atoms with Gasteiger partial charge in [-0.2, -0.15) is 96.6 Å². The van der Waals surface area contributed by atoms with Crippen molar-refractivity contribution < 1.29 is 111 Å². The van der Waals surface area contributed by atoms with Gasteiger partial charge in [-0.05, 0) is 0 Å². The van der Waals surface area contributed by atoms with Gasteiger partial charge in [0.1, 0.15) is 0 Å². The van der Waals surface area contributed by atoms with E-state index < -0.39 is 66.3 Å². The van der Waals surface area contributed by atoms with Gasteiger partial charge in [0.15, 0.2) is 0 Å². The van der Waals surface area contributed by atoms with E-state index in [1.54, 1.807) is 0 Å². The molecule has 0 fully saturated rings. The largest absolute Gasteiger partial charge is 0.462 e. The summed E-state index contributed by atoms with van der Waals surface area (Å²) in [5.41, 5.74) is 0. The second-order valence-electron chi connectivity index (χ2n) is 5.90. The monoisotopic (exact) mass is 598 g/mol. The second kappa shape index (κ2) is 8.54. The summed E-state index contributed by atoms with van der Waals surface area (Å²) in [4.78, 5) is 11.1. The summed E-state index contributed by atoms with van der Waals surface area (Å²) < 4.78 is 280. The van der Waals surface area contributed by atoms with E-state index in [1.165, 1.54) is 0 Å². The van der Waals surface area contributed by atoms with E-state index in [2.05, 4.69) is 0 Å². The normalized spacial score (nSPS) is 19.1. The summed E-state index contributed by atoms with van der Waals surface area (Å²) >= 11 is 0. The smallest absolute Gasteiger partial charge is 0.286 e. The Morgan fingerprint density at radius 2 is 0.556 bits per heavy atom. The molecule has 0 aliphatic carbocycles. The Labute approximate surface area is 178 Å². The molecule has 3 nitrogen and oxygen atoms in total. The molecule has 216 valence electrons. The molecule has 0 N–H and O–H groups in total. The predicted octanol–water partition coefficient (Wildman–Crippen LogP) is 6.63. The molecule has 0 rings (SSSR count).